The zero-order valence-corrected chi connectivity index (χ0v) is 11.4. The van der Waals surface area contributed by atoms with Crippen molar-refractivity contribution in [2.75, 3.05) is 12.8 Å². The number of anilines is 1. The number of pyridine rings is 1. The third-order valence-corrected chi connectivity index (χ3v) is 3.34. The van der Waals surface area contributed by atoms with Gasteiger partial charge in [-0.05, 0) is 42.8 Å². The third kappa shape index (κ3) is 2.77. The first-order valence-corrected chi connectivity index (χ1v) is 6.23. The molecule has 0 saturated heterocycles. The maximum atomic E-state index is 13.3. The van der Waals surface area contributed by atoms with Crippen LogP contribution in [0.3, 0.4) is 0 Å². The van der Waals surface area contributed by atoms with Gasteiger partial charge in [0.05, 0.1) is 11.6 Å². The van der Waals surface area contributed by atoms with Gasteiger partial charge in [-0.25, -0.2) is 4.39 Å². The molecule has 1 atom stereocenters. The second-order valence-electron chi connectivity index (χ2n) is 4.60. The summed E-state index contributed by atoms with van der Waals surface area (Å²) in [6, 6.07) is 7.31. The summed E-state index contributed by atoms with van der Waals surface area (Å²) < 4.78 is 13.3. The first-order valence-electron chi connectivity index (χ1n) is 6.23. The van der Waals surface area contributed by atoms with Crippen LogP contribution in [0.5, 0.6) is 0 Å². The Bertz CT molecular complexity index is 616. The number of hydrogen-bond acceptors (Lipinski definition) is 3. The zero-order valence-electron chi connectivity index (χ0n) is 11.4. The number of aromatic nitrogens is 1. The second-order valence-corrected chi connectivity index (χ2v) is 4.60. The smallest absolute Gasteiger partial charge is 0.256 e. The molecule has 1 aromatic carbocycles. The molecule has 20 heavy (non-hydrogen) atoms. The van der Waals surface area contributed by atoms with Crippen LogP contribution < -0.4 is 5.73 Å². The Hall–Kier alpha value is -2.43. The number of amides is 1. The van der Waals surface area contributed by atoms with E-state index < -0.39 is 5.82 Å². The molecule has 0 aliphatic rings. The first kappa shape index (κ1) is 14.0. The molecule has 1 amide bonds. The molecule has 2 N–H and O–H groups in total. The Morgan fingerprint density at radius 1 is 1.30 bits per heavy atom. The predicted octanol–water partition coefficient (Wildman–Crippen LogP) is 2.64. The van der Waals surface area contributed by atoms with Crippen molar-refractivity contribution in [1.29, 1.82) is 0 Å². The van der Waals surface area contributed by atoms with Crippen LogP contribution in [0.15, 0.2) is 42.7 Å². The monoisotopic (exact) mass is 273 g/mol. The number of carbonyl (C=O) groups is 1. The molecule has 0 bridgehead atoms. The number of benzene rings is 1. The van der Waals surface area contributed by atoms with Crippen molar-refractivity contribution in [2.24, 2.45) is 0 Å². The van der Waals surface area contributed by atoms with Gasteiger partial charge in [-0.15, -0.1) is 0 Å². The molecular formula is C15H16FN3O. The van der Waals surface area contributed by atoms with Gasteiger partial charge in [-0.1, -0.05) is 0 Å². The van der Waals surface area contributed by atoms with Gasteiger partial charge in [0.1, 0.15) is 5.82 Å². The molecule has 0 aliphatic heterocycles. The van der Waals surface area contributed by atoms with Crippen molar-refractivity contribution in [2.45, 2.75) is 13.0 Å². The maximum absolute atomic E-state index is 13.3. The van der Waals surface area contributed by atoms with E-state index in [1.165, 1.54) is 17.0 Å². The highest BCUT2D eigenvalue weighted by Crippen LogP contribution is 2.22. The van der Waals surface area contributed by atoms with Crippen LogP contribution in [0.1, 0.15) is 28.9 Å². The lowest BCUT2D eigenvalue weighted by atomic mass is 10.1. The summed E-state index contributed by atoms with van der Waals surface area (Å²) >= 11 is 0. The van der Waals surface area contributed by atoms with Gasteiger partial charge >= 0.3 is 0 Å². The van der Waals surface area contributed by atoms with E-state index in [2.05, 4.69) is 4.98 Å². The highest BCUT2D eigenvalue weighted by molar-refractivity contribution is 5.99. The van der Waals surface area contributed by atoms with Gasteiger partial charge in [0.15, 0.2) is 0 Å². The van der Waals surface area contributed by atoms with Crippen molar-refractivity contribution in [1.82, 2.24) is 9.88 Å². The second kappa shape index (κ2) is 5.69. The van der Waals surface area contributed by atoms with E-state index in [4.69, 9.17) is 5.73 Å². The van der Waals surface area contributed by atoms with E-state index in [0.29, 0.717) is 0 Å². The van der Waals surface area contributed by atoms with Crippen LogP contribution >= 0.6 is 0 Å². The number of carbonyl (C=O) groups excluding carboxylic acids is 1. The molecule has 0 aliphatic carbocycles. The van der Waals surface area contributed by atoms with Crippen LogP contribution in [0.25, 0.3) is 0 Å². The summed E-state index contributed by atoms with van der Waals surface area (Å²) in [5.41, 5.74) is 7.14. The Morgan fingerprint density at radius 2 is 1.95 bits per heavy atom. The van der Waals surface area contributed by atoms with Crippen LogP contribution in [0.4, 0.5) is 10.1 Å². The lowest BCUT2D eigenvalue weighted by Crippen LogP contribution is -2.30. The van der Waals surface area contributed by atoms with Gasteiger partial charge < -0.3 is 10.6 Å². The Labute approximate surface area is 117 Å². The van der Waals surface area contributed by atoms with E-state index in [9.17, 15) is 9.18 Å². The van der Waals surface area contributed by atoms with Crippen LogP contribution in [-0.4, -0.2) is 22.8 Å². The van der Waals surface area contributed by atoms with E-state index in [1.807, 2.05) is 19.1 Å². The lowest BCUT2D eigenvalue weighted by molar-refractivity contribution is 0.0743. The maximum Gasteiger partial charge on any atom is 0.256 e. The highest BCUT2D eigenvalue weighted by Gasteiger charge is 2.21. The van der Waals surface area contributed by atoms with Crippen molar-refractivity contribution in [3.05, 3.63) is 59.7 Å². The van der Waals surface area contributed by atoms with Crippen molar-refractivity contribution < 1.29 is 9.18 Å². The minimum Gasteiger partial charge on any atom is -0.398 e. The van der Waals surface area contributed by atoms with Crippen LogP contribution in [0.2, 0.25) is 0 Å². The zero-order chi connectivity index (χ0) is 14.7. The fourth-order valence-corrected chi connectivity index (χ4v) is 1.95. The molecule has 104 valence electrons. The lowest BCUT2D eigenvalue weighted by Gasteiger charge is -2.25. The Kier molecular flexibility index (Phi) is 3.98. The van der Waals surface area contributed by atoms with Gasteiger partial charge in [-0.2, -0.15) is 0 Å². The van der Waals surface area contributed by atoms with Crippen molar-refractivity contribution >= 4 is 11.6 Å². The first-order chi connectivity index (χ1) is 9.50. The van der Waals surface area contributed by atoms with E-state index in [-0.39, 0.29) is 23.2 Å². The summed E-state index contributed by atoms with van der Waals surface area (Å²) in [5, 5.41) is 0. The number of nitrogens with zero attached hydrogens (tertiary/aromatic N) is 2. The fourth-order valence-electron chi connectivity index (χ4n) is 1.95. The molecule has 0 fully saturated rings. The fraction of sp³-hybridized carbons (Fsp3) is 0.200. The summed E-state index contributed by atoms with van der Waals surface area (Å²) in [6.45, 7) is 1.89. The summed E-state index contributed by atoms with van der Waals surface area (Å²) in [6.07, 6.45) is 3.33. The molecule has 1 aromatic heterocycles. The average Bonchev–Trinajstić information content (AvgIpc) is 2.48. The quantitative estimate of drug-likeness (QED) is 0.874. The largest absolute Gasteiger partial charge is 0.398 e. The summed E-state index contributed by atoms with van der Waals surface area (Å²) in [4.78, 5) is 17.9. The minimum atomic E-state index is -0.479. The molecule has 2 aromatic rings. The molecule has 4 nitrogen and oxygen atoms in total. The predicted molar refractivity (Wildman–Crippen MR) is 75.6 cm³/mol. The average molecular weight is 273 g/mol. The Morgan fingerprint density at radius 3 is 2.60 bits per heavy atom. The SMILES string of the molecule is CC(c1ccncc1)N(C)C(=O)c1cc(F)ccc1N. The van der Waals surface area contributed by atoms with E-state index >= 15 is 0 Å². The van der Waals surface area contributed by atoms with E-state index in [1.54, 1.807) is 19.4 Å². The molecule has 1 unspecified atom stereocenters. The van der Waals surface area contributed by atoms with E-state index in [0.717, 1.165) is 11.6 Å². The van der Waals surface area contributed by atoms with Crippen LogP contribution in [-0.2, 0) is 0 Å². The van der Waals surface area contributed by atoms with Gasteiger partial charge in [-0.3, -0.25) is 9.78 Å². The number of nitrogens with two attached hydrogens (primary N) is 1. The third-order valence-electron chi connectivity index (χ3n) is 3.34. The van der Waals surface area contributed by atoms with Crippen molar-refractivity contribution in [3.63, 3.8) is 0 Å². The summed E-state index contributed by atoms with van der Waals surface area (Å²) in [5.74, 6) is -0.793. The molecule has 0 radical (unpaired) electrons. The molecule has 1 heterocycles. The van der Waals surface area contributed by atoms with Gasteiger partial charge in [0.2, 0.25) is 0 Å². The number of halogens is 1. The molecule has 0 saturated carbocycles. The highest BCUT2D eigenvalue weighted by atomic mass is 19.1. The normalized spacial score (nSPS) is 11.9. The molecule has 5 heteroatoms. The molecule has 0 spiro atoms. The number of rotatable bonds is 3. The number of hydrogen-bond donors (Lipinski definition) is 1. The number of nitrogen functional groups attached to an aromatic ring is 1. The van der Waals surface area contributed by atoms with Gasteiger partial charge in [0, 0.05) is 25.1 Å². The van der Waals surface area contributed by atoms with Crippen LogP contribution in [0, 0.1) is 5.82 Å². The molecular weight excluding hydrogens is 257 g/mol. The Balaban J connectivity index is 2.27. The van der Waals surface area contributed by atoms with Gasteiger partial charge in [0.25, 0.3) is 5.91 Å². The minimum absolute atomic E-state index is 0.159. The summed E-state index contributed by atoms with van der Waals surface area (Å²) in [7, 11) is 1.66. The topological polar surface area (TPSA) is 59.2 Å². The van der Waals surface area contributed by atoms with Crippen molar-refractivity contribution in [3.8, 4) is 0 Å². The molecule has 2 rings (SSSR count). The standard InChI is InChI=1S/C15H16FN3O/c1-10(11-5-7-18-8-6-11)19(2)15(20)13-9-12(16)3-4-14(13)17/h3-10H,17H2,1-2H3.